The first kappa shape index (κ1) is 23.7. The van der Waals surface area contributed by atoms with Gasteiger partial charge in [-0.3, -0.25) is 14.4 Å². The molecule has 0 aromatic rings. The van der Waals surface area contributed by atoms with E-state index in [0.29, 0.717) is 6.42 Å². The molecule has 4 atom stereocenters. The number of rotatable bonds is 12. The lowest BCUT2D eigenvalue weighted by Gasteiger charge is -2.32. The van der Waals surface area contributed by atoms with E-state index in [0.717, 1.165) is 19.3 Å². The molecule has 0 aromatic heterocycles. The van der Waals surface area contributed by atoms with Crippen LogP contribution in [-0.4, -0.2) is 46.3 Å². The van der Waals surface area contributed by atoms with E-state index in [1.807, 2.05) is 20.8 Å². The normalized spacial score (nSPS) is 17.0. The van der Waals surface area contributed by atoms with Gasteiger partial charge in [-0.15, -0.1) is 0 Å². The highest BCUT2D eigenvalue weighted by molar-refractivity contribution is 7.81. The molecule has 4 unspecified atom stereocenters. The molecule has 0 aliphatic heterocycles. The minimum atomic E-state index is -1.09. The predicted molar refractivity (Wildman–Crippen MR) is 102 cm³/mol. The van der Waals surface area contributed by atoms with Gasteiger partial charge in [0.05, 0.1) is 12.3 Å². The maximum Gasteiger partial charge on any atom is 0.304 e. The summed E-state index contributed by atoms with van der Waals surface area (Å²) >= 11 is 4.44. The van der Waals surface area contributed by atoms with E-state index in [9.17, 15) is 14.4 Å². The third-order valence-electron chi connectivity index (χ3n) is 4.51. The summed E-state index contributed by atoms with van der Waals surface area (Å²) in [5, 5.41) is 14.6. The standard InChI is InChI=1S/C17H33N3O4S/c1-5-8-11(6-2)19-16(24)13(10-18)20-15(23)12(9-14(21)22)17(4,25)7-3/h11-13,25H,5-10,18H2,1-4H3,(H,19,24)(H,20,23)(H,21,22). The highest BCUT2D eigenvalue weighted by Crippen LogP contribution is 2.31. The molecule has 0 radical (unpaired) electrons. The molecule has 25 heavy (non-hydrogen) atoms. The number of hydrogen-bond acceptors (Lipinski definition) is 5. The van der Waals surface area contributed by atoms with Crippen molar-refractivity contribution < 1.29 is 19.5 Å². The van der Waals surface area contributed by atoms with Gasteiger partial charge in [-0.1, -0.05) is 27.2 Å². The molecule has 0 spiro atoms. The molecule has 0 aliphatic rings. The number of carbonyl (C=O) groups is 3. The van der Waals surface area contributed by atoms with Crippen LogP contribution in [0, 0.1) is 5.92 Å². The number of carbonyl (C=O) groups excluding carboxylic acids is 2. The van der Waals surface area contributed by atoms with Gasteiger partial charge in [0.1, 0.15) is 6.04 Å². The van der Waals surface area contributed by atoms with Gasteiger partial charge in [0.2, 0.25) is 11.8 Å². The number of nitrogens with two attached hydrogens (primary N) is 1. The van der Waals surface area contributed by atoms with E-state index in [1.165, 1.54) is 0 Å². The van der Waals surface area contributed by atoms with Gasteiger partial charge in [-0.2, -0.15) is 12.6 Å². The highest BCUT2D eigenvalue weighted by Gasteiger charge is 2.38. The van der Waals surface area contributed by atoms with E-state index in [1.54, 1.807) is 6.92 Å². The van der Waals surface area contributed by atoms with Crippen molar-refractivity contribution in [2.75, 3.05) is 6.54 Å². The minimum absolute atomic E-state index is 0.0315. The molecule has 0 fully saturated rings. The van der Waals surface area contributed by atoms with Crippen LogP contribution in [-0.2, 0) is 14.4 Å². The Hall–Kier alpha value is -1.28. The molecule has 0 saturated heterocycles. The molecular weight excluding hydrogens is 342 g/mol. The Bertz CT molecular complexity index is 457. The van der Waals surface area contributed by atoms with Crippen LogP contribution in [0.3, 0.4) is 0 Å². The first-order valence-corrected chi connectivity index (χ1v) is 9.32. The van der Waals surface area contributed by atoms with E-state index in [-0.39, 0.29) is 24.9 Å². The molecule has 146 valence electrons. The summed E-state index contributed by atoms with van der Waals surface area (Å²) in [6.45, 7) is 7.50. The average molecular weight is 376 g/mol. The Morgan fingerprint density at radius 3 is 2.16 bits per heavy atom. The predicted octanol–water partition coefficient (Wildman–Crippen LogP) is 1.31. The summed E-state index contributed by atoms with van der Waals surface area (Å²) in [5.41, 5.74) is 5.65. The van der Waals surface area contributed by atoms with Crippen molar-refractivity contribution >= 4 is 30.4 Å². The van der Waals surface area contributed by atoms with Crippen molar-refractivity contribution in [2.45, 2.75) is 76.6 Å². The largest absolute Gasteiger partial charge is 0.481 e. The molecule has 0 bridgehead atoms. The van der Waals surface area contributed by atoms with Gasteiger partial charge in [-0.05, 0) is 26.2 Å². The van der Waals surface area contributed by atoms with Crippen LogP contribution in [0.5, 0.6) is 0 Å². The van der Waals surface area contributed by atoms with Crippen LogP contribution in [0.25, 0.3) is 0 Å². The quantitative estimate of drug-likeness (QED) is 0.329. The van der Waals surface area contributed by atoms with Crippen molar-refractivity contribution in [3.05, 3.63) is 0 Å². The summed E-state index contributed by atoms with van der Waals surface area (Å²) in [5.74, 6) is -2.81. The molecule has 0 rings (SSSR count). The van der Waals surface area contributed by atoms with Crippen LogP contribution in [0.1, 0.15) is 59.8 Å². The lowest BCUT2D eigenvalue weighted by atomic mass is 9.86. The summed E-state index contributed by atoms with van der Waals surface area (Å²) in [4.78, 5) is 36.1. The number of amides is 2. The second-order valence-corrected chi connectivity index (χ2v) is 7.58. The van der Waals surface area contributed by atoms with E-state index in [2.05, 4.69) is 23.3 Å². The lowest BCUT2D eigenvalue weighted by Crippen LogP contribution is -2.55. The zero-order chi connectivity index (χ0) is 19.6. The lowest BCUT2D eigenvalue weighted by molar-refractivity contribution is -0.142. The Kier molecular flexibility index (Phi) is 10.8. The third kappa shape index (κ3) is 8.09. The fourth-order valence-corrected chi connectivity index (χ4v) is 2.76. The van der Waals surface area contributed by atoms with Gasteiger partial charge in [-0.25, -0.2) is 0 Å². The minimum Gasteiger partial charge on any atom is -0.481 e. The highest BCUT2D eigenvalue weighted by atomic mass is 32.1. The summed E-state index contributed by atoms with van der Waals surface area (Å²) in [7, 11) is 0. The third-order valence-corrected chi connectivity index (χ3v) is 5.13. The van der Waals surface area contributed by atoms with Crippen LogP contribution in [0.4, 0.5) is 0 Å². The van der Waals surface area contributed by atoms with Crippen LogP contribution in [0.15, 0.2) is 0 Å². The molecule has 8 heteroatoms. The maximum absolute atomic E-state index is 12.6. The zero-order valence-electron chi connectivity index (χ0n) is 15.7. The Labute approximate surface area is 155 Å². The number of carboxylic acid groups (broad SMARTS) is 1. The van der Waals surface area contributed by atoms with Crippen molar-refractivity contribution in [3.8, 4) is 0 Å². The topological polar surface area (TPSA) is 122 Å². The average Bonchev–Trinajstić information content (AvgIpc) is 2.56. The van der Waals surface area contributed by atoms with Crippen LogP contribution in [0.2, 0.25) is 0 Å². The van der Waals surface area contributed by atoms with E-state index < -0.39 is 28.6 Å². The Balaban J connectivity index is 5.09. The number of aliphatic carboxylic acids is 1. The van der Waals surface area contributed by atoms with E-state index >= 15 is 0 Å². The van der Waals surface area contributed by atoms with Gasteiger partial charge < -0.3 is 21.5 Å². The molecule has 5 N–H and O–H groups in total. The van der Waals surface area contributed by atoms with Gasteiger partial charge >= 0.3 is 5.97 Å². The second kappa shape index (κ2) is 11.4. The summed E-state index contributed by atoms with van der Waals surface area (Å²) in [6.07, 6.45) is 2.73. The smallest absolute Gasteiger partial charge is 0.304 e. The molecule has 0 aliphatic carbocycles. The molecule has 2 amide bonds. The van der Waals surface area contributed by atoms with Crippen molar-refractivity contribution in [1.82, 2.24) is 10.6 Å². The van der Waals surface area contributed by atoms with Gasteiger partial charge in [0.25, 0.3) is 0 Å². The Morgan fingerprint density at radius 1 is 1.16 bits per heavy atom. The maximum atomic E-state index is 12.6. The molecule has 7 nitrogen and oxygen atoms in total. The fraction of sp³-hybridized carbons (Fsp3) is 0.824. The van der Waals surface area contributed by atoms with Crippen molar-refractivity contribution in [2.24, 2.45) is 11.7 Å². The molecular formula is C17H33N3O4S. The Morgan fingerprint density at radius 2 is 1.76 bits per heavy atom. The zero-order valence-corrected chi connectivity index (χ0v) is 16.6. The summed E-state index contributed by atoms with van der Waals surface area (Å²) < 4.78 is -0.799. The van der Waals surface area contributed by atoms with Crippen molar-refractivity contribution in [1.29, 1.82) is 0 Å². The number of thiol groups is 1. The van der Waals surface area contributed by atoms with Gasteiger partial charge in [0.15, 0.2) is 0 Å². The number of hydrogen-bond donors (Lipinski definition) is 5. The molecule has 0 heterocycles. The molecule has 0 saturated carbocycles. The van der Waals surface area contributed by atoms with Crippen LogP contribution >= 0.6 is 12.6 Å². The molecule has 0 aromatic carbocycles. The second-order valence-electron chi connectivity index (χ2n) is 6.56. The van der Waals surface area contributed by atoms with Crippen molar-refractivity contribution in [3.63, 3.8) is 0 Å². The first-order valence-electron chi connectivity index (χ1n) is 8.87. The number of nitrogens with one attached hydrogen (secondary N) is 2. The monoisotopic (exact) mass is 375 g/mol. The fourth-order valence-electron chi connectivity index (χ4n) is 2.55. The number of carboxylic acids is 1. The SMILES string of the molecule is CCCC(CC)NC(=O)C(CN)NC(=O)C(CC(=O)O)C(C)(S)CC. The van der Waals surface area contributed by atoms with Crippen LogP contribution < -0.4 is 16.4 Å². The first-order chi connectivity index (χ1) is 11.6. The summed E-state index contributed by atoms with van der Waals surface area (Å²) in [6, 6.07) is -0.861. The van der Waals surface area contributed by atoms with E-state index in [4.69, 9.17) is 10.8 Å². The van der Waals surface area contributed by atoms with Gasteiger partial charge in [0, 0.05) is 17.3 Å².